The number of rotatable bonds is 5. The molecule has 1 aromatic heterocycles. The van der Waals surface area contributed by atoms with Crippen LogP contribution in [-0.2, 0) is 21.7 Å². The fourth-order valence-corrected chi connectivity index (χ4v) is 4.10. The van der Waals surface area contributed by atoms with E-state index in [0.717, 1.165) is 18.6 Å². The molecule has 1 fully saturated rings. The molecule has 0 bridgehead atoms. The summed E-state index contributed by atoms with van der Waals surface area (Å²) < 4.78 is 71.2. The second-order valence-corrected chi connectivity index (χ2v) is 7.99. The third-order valence-corrected chi connectivity index (χ3v) is 5.92. The number of halogens is 3. The number of nitrogens with two attached hydrogens (primary N) is 1. The van der Waals surface area contributed by atoms with Crippen LogP contribution in [0.2, 0.25) is 0 Å². The number of nitrogens with one attached hydrogen (secondary N) is 1. The van der Waals surface area contributed by atoms with E-state index >= 15 is 0 Å². The van der Waals surface area contributed by atoms with Crippen molar-refractivity contribution in [3.63, 3.8) is 0 Å². The molecule has 1 aromatic carbocycles. The van der Waals surface area contributed by atoms with Crippen molar-refractivity contribution in [2.24, 2.45) is 5.73 Å². The van der Waals surface area contributed by atoms with Crippen LogP contribution in [0.15, 0.2) is 33.7 Å². The van der Waals surface area contributed by atoms with Crippen LogP contribution in [0.4, 0.5) is 13.2 Å². The standard InChI is InChI=1S/C15H17F3N4O3S/c1-9(12-20-13(21-25-12)14(19)7-4-8-14)22-26(23,24)11-6-3-2-5-10(11)15(16,17)18/h2-3,5-6,9,22H,4,7-8,19H2,1H3. The summed E-state index contributed by atoms with van der Waals surface area (Å²) in [4.78, 5) is 3.23. The van der Waals surface area contributed by atoms with Gasteiger partial charge in [0, 0.05) is 0 Å². The first-order chi connectivity index (χ1) is 12.0. The Bertz CT molecular complexity index is 907. The Morgan fingerprint density at radius 3 is 2.54 bits per heavy atom. The molecule has 26 heavy (non-hydrogen) atoms. The number of benzene rings is 1. The lowest BCUT2D eigenvalue weighted by molar-refractivity contribution is -0.139. The Morgan fingerprint density at radius 2 is 1.96 bits per heavy atom. The van der Waals surface area contributed by atoms with Gasteiger partial charge in [-0.3, -0.25) is 0 Å². The van der Waals surface area contributed by atoms with Gasteiger partial charge in [0.25, 0.3) is 0 Å². The summed E-state index contributed by atoms with van der Waals surface area (Å²) in [6, 6.07) is 2.91. The van der Waals surface area contributed by atoms with Gasteiger partial charge in [-0.1, -0.05) is 17.3 Å². The molecular weight excluding hydrogens is 373 g/mol. The van der Waals surface area contributed by atoms with Crippen LogP contribution in [0.1, 0.15) is 49.5 Å². The fourth-order valence-electron chi connectivity index (χ4n) is 2.68. The molecule has 1 unspecified atom stereocenters. The largest absolute Gasteiger partial charge is 0.417 e. The molecule has 11 heteroatoms. The van der Waals surface area contributed by atoms with E-state index in [1.165, 1.54) is 13.0 Å². The highest BCUT2D eigenvalue weighted by Gasteiger charge is 2.40. The Balaban J connectivity index is 1.84. The highest BCUT2D eigenvalue weighted by atomic mass is 32.2. The molecule has 0 spiro atoms. The molecule has 3 N–H and O–H groups in total. The third kappa shape index (κ3) is 3.46. The predicted octanol–water partition coefficient (Wildman–Crippen LogP) is 2.47. The molecular formula is C15H17F3N4O3S. The third-order valence-electron chi connectivity index (χ3n) is 4.32. The van der Waals surface area contributed by atoms with Gasteiger partial charge in [0.2, 0.25) is 15.9 Å². The predicted molar refractivity (Wildman–Crippen MR) is 84.2 cm³/mol. The summed E-state index contributed by atoms with van der Waals surface area (Å²) in [7, 11) is -4.47. The minimum atomic E-state index is -4.80. The van der Waals surface area contributed by atoms with Crippen LogP contribution in [0.3, 0.4) is 0 Å². The lowest BCUT2D eigenvalue weighted by Gasteiger charge is -2.34. The molecule has 2 aromatic rings. The smallest absolute Gasteiger partial charge is 0.338 e. The van der Waals surface area contributed by atoms with E-state index < -0.39 is 38.2 Å². The normalized spacial score (nSPS) is 18.3. The van der Waals surface area contributed by atoms with E-state index in [9.17, 15) is 21.6 Å². The van der Waals surface area contributed by atoms with Crippen LogP contribution < -0.4 is 10.5 Å². The molecule has 0 radical (unpaired) electrons. The first-order valence-corrected chi connectivity index (χ1v) is 9.33. The van der Waals surface area contributed by atoms with Gasteiger partial charge in [0.1, 0.15) is 0 Å². The number of sulfonamides is 1. The zero-order chi connectivity index (χ0) is 19.2. The van der Waals surface area contributed by atoms with Crippen molar-refractivity contribution in [2.75, 3.05) is 0 Å². The number of hydrogen-bond acceptors (Lipinski definition) is 6. The summed E-state index contributed by atoms with van der Waals surface area (Å²) in [5.41, 5.74) is 4.13. The minimum Gasteiger partial charge on any atom is -0.338 e. The SMILES string of the molecule is CC(NS(=O)(=O)c1ccccc1C(F)(F)F)c1nc(C2(N)CCC2)no1. The van der Waals surface area contributed by atoms with E-state index in [1.807, 2.05) is 0 Å². The van der Waals surface area contributed by atoms with Crippen LogP contribution in [0.25, 0.3) is 0 Å². The zero-order valence-corrected chi connectivity index (χ0v) is 14.6. The highest BCUT2D eigenvalue weighted by molar-refractivity contribution is 7.89. The molecule has 7 nitrogen and oxygen atoms in total. The number of hydrogen-bond donors (Lipinski definition) is 2. The molecule has 0 saturated heterocycles. The summed E-state index contributed by atoms with van der Waals surface area (Å²) in [5.74, 6) is 0.199. The van der Waals surface area contributed by atoms with Crippen molar-refractivity contribution < 1.29 is 26.1 Å². The van der Waals surface area contributed by atoms with E-state index in [0.29, 0.717) is 18.9 Å². The van der Waals surface area contributed by atoms with Crippen molar-refractivity contribution >= 4 is 10.0 Å². The Hall–Kier alpha value is -1.98. The molecule has 0 aliphatic heterocycles. The average molecular weight is 390 g/mol. The number of nitrogens with zero attached hydrogens (tertiary/aromatic N) is 2. The molecule has 0 amide bonds. The first-order valence-electron chi connectivity index (χ1n) is 7.84. The number of aromatic nitrogens is 2. The van der Waals surface area contributed by atoms with Crippen molar-refractivity contribution in [1.82, 2.24) is 14.9 Å². The quantitative estimate of drug-likeness (QED) is 0.811. The molecule has 1 saturated carbocycles. The maximum absolute atomic E-state index is 13.1. The van der Waals surface area contributed by atoms with E-state index in [4.69, 9.17) is 10.3 Å². The van der Waals surface area contributed by atoms with Crippen LogP contribution >= 0.6 is 0 Å². The number of alkyl halides is 3. The van der Waals surface area contributed by atoms with E-state index in [2.05, 4.69) is 14.9 Å². The van der Waals surface area contributed by atoms with Crippen LogP contribution in [0, 0.1) is 0 Å². The second kappa shape index (κ2) is 6.32. The zero-order valence-electron chi connectivity index (χ0n) is 13.7. The first kappa shape index (κ1) is 18.8. The van der Waals surface area contributed by atoms with Gasteiger partial charge in [-0.25, -0.2) is 8.42 Å². The highest BCUT2D eigenvalue weighted by Crippen LogP contribution is 2.37. The molecule has 142 valence electrons. The van der Waals surface area contributed by atoms with E-state index in [-0.39, 0.29) is 11.7 Å². The van der Waals surface area contributed by atoms with Crippen molar-refractivity contribution in [3.8, 4) is 0 Å². The minimum absolute atomic E-state index is 0.0650. The van der Waals surface area contributed by atoms with Crippen molar-refractivity contribution in [1.29, 1.82) is 0 Å². The summed E-state index contributed by atoms with van der Waals surface area (Å²) in [5, 5.41) is 3.76. The Kier molecular flexibility index (Phi) is 4.57. The monoisotopic (exact) mass is 390 g/mol. The van der Waals surface area contributed by atoms with E-state index in [1.54, 1.807) is 0 Å². The summed E-state index contributed by atoms with van der Waals surface area (Å²) >= 11 is 0. The van der Waals surface area contributed by atoms with Gasteiger partial charge >= 0.3 is 6.18 Å². The lowest BCUT2D eigenvalue weighted by atomic mass is 9.77. The van der Waals surface area contributed by atoms with Gasteiger partial charge in [-0.15, -0.1) is 0 Å². The topological polar surface area (TPSA) is 111 Å². The summed E-state index contributed by atoms with van der Waals surface area (Å²) in [6.45, 7) is 1.40. The van der Waals surface area contributed by atoms with Gasteiger partial charge in [-0.2, -0.15) is 22.9 Å². The lowest BCUT2D eigenvalue weighted by Crippen LogP contribution is -2.44. The maximum atomic E-state index is 13.1. The van der Waals surface area contributed by atoms with Crippen molar-refractivity contribution in [3.05, 3.63) is 41.5 Å². The Labute approximate surface area is 147 Å². The van der Waals surface area contributed by atoms with Gasteiger partial charge in [-0.05, 0) is 38.3 Å². The average Bonchev–Trinajstić information content (AvgIpc) is 3.02. The van der Waals surface area contributed by atoms with Crippen LogP contribution in [0.5, 0.6) is 0 Å². The van der Waals surface area contributed by atoms with Gasteiger partial charge in [0.05, 0.1) is 22.0 Å². The molecule has 1 aliphatic rings. The summed E-state index contributed by atoms with van der Waals surface area (Å²) in [6.07, 6.45) is -2.50. The molecule has 3 rings (SSSR count). The van der Waals surface area contributed by atoms with Gasteiger partial charge < -0.3 is 10.3 Å². The molecule has 1 heterocycles. The Morgan fingerprint density at radius 1 is 1.31 bits per heavy atom. The molecule has 1 atom stereocenters. The molecule has 1 aliphatic carbocycles. The fraction of sp³-hybridized carbons (Fsp3) is 0.467. The van der Waals surface area contributed by atoms with Crippen molar-refractivity contribution in [2.45, 2.75) is 48.8 Å². The maximum Gasteiger partial charge on any atom is 0.417 e. The second-order valence-electron chi connectivity index (χ2n) is 6.30. The van der Waals surface area contributed by atoms with Gasteiger partial charge in [0.15, 0.2) is 5.82 Å². The van der Waals surface area contributed by atoms with Crippen LogP contribution in [-0.4, -0.2) is 18.6 Å².